The molecule has 0 spiro atoms. The van der Waals surface area contributed by atoms with E-state index in [1.807, 2.05) is 12.1 Å². The van der Waals surface area contributed by atoms with Crippen LogP contribution < -0.4 is 5.73 Å². The van der Waals surface area contributed by atoms with Gasteiger partial charge in [-0.2, -0.15) is 0 Å². The van der Waals surface area contributed by atoms with Crippen molar-refractivity contribution in [2.45, 2.75) is 38.6 Å². The van der Waals surface area contributed by atoms with Crippen LogP contribution in [0, 0.1) is 5.92 Å². The van der Waals surface area contributed by atoms with Crippen molar-refractivity contribution in [1.29, 1.82) is 0 Å². The molecule has 3 heteroatoms. The Morgan fingerprint density at radius 3 is 2.80 bits per heavy atom. The molecular formula is C12H18N2S. The average Bonchev–Trinajstić information content (AvgIpc) is 2.67. The predicted molar refractivity (Wildman–Crippen MR) is 66.9 cm³/mol. The Morgan fingerprint density at radius 2 is 2.13 bits per heavy atom. The van der Waals surface area contributed by atoms with Gasteiger partial charge in [0.2, 0.25) is 0 Å². The highest BCUT2D eigenvalue weighted by atomic mass is 32.1. The van der Waals surface area contributed by atoms with Gasteiger partial charge in [-0.25, -0.2) is 0 Å². The average molecular weight is 222 g/mol. The molecule has 2 nitrogen and oxygen atoms in total. The second kappa shape index (κ2) is 4.79. The maximum atomic E-state index is 5.67. The quantitative estimate of drug-likeness (QED) is 0.797. The largest absolute Gasteiger partial charge is 0.388 e. The summed E-state index contributed by atoms with van der Waals surface area (Å²) in [6.07, 6.45) is 8.97. The van der Waals surface area contributed by atoms with Crippen LogP contribution in [0.2, 0.25) is 0 Å². The zero-order valence-corrected chi connectivity index (χ0v) is 9.80. The van der Waals surface area contributed by atoms with E-state index in [1.54, 1.807) is 0 Å². The van der Waals surface area contributed by atoms with E-state index < -0.39 is 0 Å². The molecule has 0 radical (unpaired) electrons. The first-order chi connectivity index (χ1) is 7.27. The van der Waals surface area contributed by atoms with E-state index in [0.717, 1.165) is 18.2 Å². The van der Waals surface area contributed by atoms with E-state index in [1.165, 1.54) is 32.1 Å². The normalized spacial score (nSPS) is 17.9. The second-order valence-corrected chi connectivity index (χ2v) is 4.85. The highest BCUT2D eigenvalue weighted by Gasteiger charge is 2.15. The summed E-state index contributed by atoms with van der Waals surface area (Å²) in [6, 6.07) is 4.03. The lowest BCUT2D eigenvalue weighted by molar-refractivity contribution is 0.319. The van der Waals surface area contributed by atoms with Crippen LogP contribution in [-0.2, 0) is 6.54 Å². The van der Waals surface area contributed by atoms with Crippen molar-refractivity contribution in [3.63, 3.8) is 0 Å². The maximum absolute atomic E-state index is 5.67. The van der Waals surface area contributed by atoms with Gasteiger partial charge >= 0.3 is 0 Å². The fraction of sp³-hybridized carbons (Fsp3) is 0.583. The van der Waals surface area contributed by atoms with Gasteiger partial charge in [0.1, 0.15) is 4.99 Å². The van der Waals surface area contributed by atoms with Gasteiger partial charge in [-0.3, -0.25) is 0 Å². The lowest BCUT2D eigenvalue weighted by Crippen LogP contribution is -2.20. The standard InChI is InChI=1S/C12H18N2S/c13-12(15)11-7-4-8-14(11)9-10-5-2-1-3-6-10/h4,7-8,10H,1-3,5-6,9H2,(H2,13,15). The van der Waals surface area contributed by atoms with Crippen molar-refractivity contribution in [1.82, 2.24) is 4.57 Å². The molecule has 82 valence electrons. The van der Waals surface area contributed by atoms with E-state index in [0.29, 0.717) is 4.99 Å². The summed E-state index contributed by atoms with van der Waals surface area (Å²) in [7, 11) is 0. The van der Waals surface area contributed by atoms with Crippen LogP contribution in [0.4, 0.5) is 0 Å². The molecule has 1 heterocycles. The molecule has 1 aliphatic rings. The van der Waals surface area contributed by atoms with Crippen LogP contribution in [0.5, 0.6) is 0 Å². The highest BCUT2D eigenvalue weighted by molar-refractivity contribution is 7.80. The summed E-state index contributed by atoms with van der Waals surface area (Å²) < 4.78 is 2.21. The van der Waals surface area contributed by atoms with Gasteiger partial charge in [-0.15, -0.1) is 0 Å². The van der Waals surface area contributed by atoms with Gasteiger partial charge in [0.15, 0.2) is 0 Å². The van der Waals surface area contributed by atoms with E-state index >= 15 is 0 Å². The van der Waals surface area contributed by atoms with Crippen molar-refractivity contribution >= 4 is 17.2 Å². The Bertz CT molecular complexity index is 337. The molecule has 1 aromatic heterocycles. The topological polar surface area (TPSA) is 30.9 Å². The van der Waals surface area contributed by atoms with Gasteiger partial charge in [0.25, 0.3) is 0 Å². The molecule has 1 aliphatic carbocycles. The Morgan fingerprint density at radius 1 is 1.40 bits per heavy atom. The Balaban J connectivity index is 2.03. The third-order valence-corrected chi connectivity index (χ3v) is 3.47. The molecule has 15 heavy (non-hydrogen) atoms. The van der Waals surface area contributed by atoms with Crippen LogP contribution in [-0.4, -0.2) is 9.56 Å². The molecule has 1 fully saturated rings. The number of hydrogen-bond donors (Lipinski definition) is 1. The number of hydrogen-bond acceptors (Lipinski definition) is 1. The van der Waals surface area contributed by atoms with Gasteiger partial charge < -0.3 is 10.3 Å². The molecular weight excluding hydrogens is 204 g/mol. The molecule has 0 atom stereocenters. The van der Waals surface area contributed by atoms with E-state index in [9.17, 15) is 0 Å². The highest BCUT2D eigenvalue weighted by Crippen LogP contribution is 2.25. The van der Waals surface area contributed by atoms with Gasteiger partial charge in [0, 0.05) is 12.7 Å². The lowest BCUT2D eigenvalue weighted by Gasteiger charge is -2.22. The number of nitrogens with zero attached hydrogens (tertiary/aromatic N) is 1. The summed E-state index contributed by atoms with van der Waals surface area (Å²) in [5, 5.41) is 0. The van der Waals surface area contributed by atoms with E-state index in [4.69, 9.17) is 18.0 Å². The van der Waals surface area contributed by atoms with Crippen LogP contribution in [0.3, 0.4) is 0 Å². The van der Waals surface area contributed by atoms with Crippen LogP contribution >= 0.6 is 12.2 Å². The zero-order chi connectivity index (χ0) is 10.7. The molecule has 2 rings (SSSR count). The summed E-state index contributed by atoms with van der Waals surface area (Å²) in [5.41, 5.74) is 6.68. The minimum atomic E-state index is 0.510. The first-order valence-electron chi connectivity index (χ1n) is 5.72. The lowest BCUT2D eigenvalue weighted by atomic mass is 9.89. The summed E-state index contributed by atoms with van der Waals surface area (Å²) in [4.78, 5) is 0.510. The minimum Gasteiger partial charge on any atom is -0.388 e. The Labute approximate surface area is 96.5 Å². The van der Waals surface area contributed by atoms with Crippen molar-refractivity contribution in [3.8, 4) is 0 Å². The first-order valence-corrected chi connectivity index (χ1v) is 6.13. The molecule has 1 saturated carbocycles. The van der Waals surface area contributed by atoms with Crippen molar-refractivity contribution in [2.75, 3.05) is 0 Å². The molecule has 0 bridgehead atoms. The minimum absolute atomic E-state index is 0.510. The Hall–Kier alpha value is -0.830. The fourth-order valence-electron chi connectivity index (χ4n) is 2.44. The van der Waals surface area contributed by atoms with Gasteiger partial charge in [-0.1, -0.05) is 31.5 Å². The van der Waals surface area contributed by atoms with Crippen molar-refractivity contribution in [3.05, 3.63) is 24.0 Å². The molecule has 0 aliphatic heterocycles. The van der Waals surface area contributed by atoms with Gasteiger partial charge in [-0.05, 0) is 30.9 Å². The summed E-state index contributed by atoms with van der Waals surface area (Å²) in [5.74, 6) is 0.819. The number of aromatic nitrogens is 1. The summed E-state index contributed by atoms with van der Waals surface area (Å²) in [6.45, 7) is 1.08. The Kier molecular flexibility index (Phi) is 3.41. The molecule has 0 amide bonds. The summed E-state index contributed by atoms with van der Waals surface area (Å²) >= 11 is 5.03. The van der Waals surface area contributed by atoms with Gasteiger partial charge in [0.05, 0.1) is 5.69 Å². The SMILES string of the molecule is NC(=S)c1cccn1CC1CCCCC1. The molecule has 0 aromatic carbocycles. The van der Waals surface area contributed by atoms with Crippen LogP contribution in [0.1, 0.15) is 37.8 Å². The van der Waals surface area contributed by atoms with Crippen LogP contribution in [0.15, 0.2) is 18.3 Å². The molecule has 0 saturated heterocycles. The van der Waals surface area contributed by atoms with E-state index in [-0.39, 0.29) is 0 Å². The fourth-order valence-corrected chi connectivity index (χ4v) is 2.63. The third kappa shape index (κ3) is 2.59. The maximum Gasteiger partial charge on any atom is 0.120 e. The predicted octanol–water partition coefficient (Wildman–Crippen LogP) is 2.70. The number of rotatable bonds is 3. The molecule has 2 N–H and O–H groups in total. The first kappa shape index (κ1) is 10.7. The van der Waals surface area contributed by atoms with Crippen LogP contribution in [0.25, 0.3) is 0 Å². The number of thiocarbonyl (C=S) groups is 1. The zero-order valence-electron chi connectivity index (χ0n) is 8.98. The third-order valence-electron chi connectivity index (χ3n) is 3.26. The van der Waals surface area contributed by atoms with E-state index in [2.05, 4.69) is 10.8 Å². The monoisotopic (exact) mass is 222 g/mol. The molecule has 0 unspecified atom stereocenters. The molecule has 1 aromatic rings. The number of nitrogens with two attached hydrogens (primary N) is 1. The van der Waals surface area contributed by atoms with Crippen molar-refractivity contribution < 1.29 is 0 Å². The van der Waals surface area contributed by atoms with Crippen molar-refractivity contribution in [2.24, 2.45) is 11.7 Å². The second-order valence-electron chi connectivity index (χ2n) is 4.41. The smallest absolute Gasteiger partial charge is 0.120 e.